The Morgan fingerprint density at radius 2 is 1.92 bits per heavy atom. The highest BCUT2D eigenvalue weighted by Gasteiger charge is 2.17. The van der Waals surface area contributed by atoms with Crippen molar-refractivity contribution in [2.75, 3.05) is 33.2 Å². The number of piperazine rings is 1. The number of amides is 1. The Morgan fingerprint density at radius 1 is 1.31 bits per heavy atom. The highest BCUT2D eigenvalue weighted by Crippen LogP contribution is 2.04. The van der Waals surface area contributed by atoms with E-state index in [0.717, 1.165) is 39.0 Å². The van der Waals surface area contributed by atoms with Gasteiger partial charge in [0.2, 0.25) is 5.91 Å². The molecule has 0 saturated carbocycles. The number of likely N-dealkylation sites (N-methyl/N-ethyl adjacent to an activating group) is 1. The quantitative estimate of drug-likeness (QED) is 0.645. The zero-order valence-electron chi connectivity index (χ0n) is 8.46. The predicted molar refractivity (Wildman–Crippen MR) is 53.3 cm³/mol. The van der Waals surface area contributed by atoms with E-state index in [1.165, 1.54) is 0 Å². The van der Waals surface area contributed by atoms with Gasteiger partial charge in [0.25, 0.3) is 0 Å². The zero-order valence-corrected chi connectivity index (χ0v) is 8.46. The van der Waals surface area contributed by atoms with Crippen LogP contribution in [0.15, 0.2) is 0 Å². The Balaban J connectivity index is 2.23. The van der Waals surface area contributed by atoms with E-state index in [0.29, 0.717) is 12.3 Å². The van der Waals surface area contributed by atoms with Crippen LogP contribution >= 0.6 is 0 Å². The Kier molecular flexibility index (Phi) is 4.22. The van der Waals surface area contributed by atoms with E-state index < -0.39 is 0 Å². The summed E-state index contributed by atoms with van der Waals surface area (Å²) >= 11 is 0. The maximum atomic E-state index is 11.5. The number of carbonyl (C=O) groups excluding carboxylic acids is 1. The van der Waals surface area contributed by atoms with Crippen LogP contribution in [0.2, 0.25) is 0 Å². The summed E-state index contributed by atoms with van der Waals surface area (Å²) < 4.78 is 0. The van der Waals surface area contributed by atoms with Crippen molar-refractivity contribution in [3.05, 3.63) is 6.92 Å². The SMILES string of the molecule is [CH2]CCCC(=O)N1CCN(C)CC1. The van der Waals surface area contributed by atoms with Gasteiger partial charge in [-0.25, -0.2) is 0 Å². The molecule has 75 valence electrons. The summed E-state index contributed by atoms with van der Waals surface area (Å²) in [5.41, 5.74) is 0. The van der Waals surface area contributed by atoms with Gasteiger partial charge in [-0.3, -0.25) is 4.79 Å². The smallest absolute Gasteiger partial charge is 0.222 e. The van der Waals surface area contributed by atoms with Gasteiger partial charge >= 0.3 is 0 Å². The normalized spacial score (nSPS) is 19.1. The maximum absolute atomic E-state index is 11.5. The molecule has 0 bridgehead atoms. The average molecular weight is 183 g/mol. The standard InChI is InChI=1S/C10H19N2O/c1-3-4-5-10(13)12-8-6-11(2)7-9-12/h1,3-9H2,2H3. The van der Waals surface area contributed by atoms with Crippen molar-refractivity contribution in [1.29, 1.82) is 0 Å². The lowest BCUT2D eigenvalue weighted by Gasteiger charge is -2.32. The lowest BCUT2D eigenvalue weighted by Crippen LogP contribution is -2.47. The Labute approximate surface area is 80.7 Å². The molecule has 3 heteroatoms. The molecule has 0 unspecified atom stereocenters. The molecule has 1 aliphatic heterocycles. The van der Waals surface area contributed by atoms with Crippen LogP contribution in [0, 0.1) is 6.92 Å². The fourth-order valence-electron chi connectivity index (χ4n) is 1.49. The second-order valence-corrected chi connectivity index (χ2v) is 3.64. The molecule has 13 heavy (non-hydrogen) atoms. The fourth-order valence-corrected chi connectivity index (χ4v) is 1.49. The van der Waals surface area contributed by atoms with Gasteiger partial charge in [0.05, 0.1) is 0 Å². The molecule has 0 aliphatic carbocycles. The highest BCUT2D eigenvalue weighted by molar-refractivity contribution is 5.76. The Bertz CT molecular complexity index is 162. The summed E-state index contributed by atoms with van der Waals surface area (Å²) in [7, 11) is 2.10. The molecule has 1 rings (SSSR count). The minimum atomic E-state index is 0.303. The molecule has 1 heterocycles. The van der Waals surface area contributed by atoms with Crippen molar-refractivity contribution in [3.8, 4) is 0 Å². The van der Waals surface area contributed by atoms with Crippen molar-refractivity contribution in [3.63, 3.8) is 0 Å². The number of nitrogens with zero attached hydrogens (tertiary/aromatic N) is 2. The molecule has 0 N–H and O–H groups in total. The van der Waals surface area contributed by atoms with Gasteiger partial charge in [0.1, 0.15) is 0 Å². The Hall–Kier alpha value is -0.570. The largest absolute Gasteiger partial charge is 0.340 e. The van der Waals surface area contributed by atoms with Crippen LogP contribution in [-0.2, 0) is 4.79 Å². The summed E-state index contributed by atoms with van der Waals surface area (Å²) in [6, 6.07) is 0. The van der Waals surface area contributed by atoms with E-state index in [1.54, 1.807) is 0 Å². The van der Waals surface area contributed by atoms with Crippen LogP contribution in [0.5, 0.6) is 0 Å². The first-order valence-corrected chi connectivity index (χ1v) is 4.99. The minimum absolute atomic E-state index is 0.303. The number of unbranched alkanes of at least 4 members (excludes halogenated alkanes) is 1. The molecule has 0 aromatic heterocycles. The summed E-state index contributed by atoms with van der Waals surface area (Å²) in [6.45, 7) is 7.55. The number of hydrogen-bond acceptors (Lipinski definition) is 2. The molecule has 0 atom stereocenters. The van der Waals surface area contributed by atoms with Crippen LogP contribution in [0.3, 0.4) is 0 Å². The molecule has 1 saturated heterocycles. The van der Waals surface area contributed by atoms with Gasteiger partial charge in [0, 0.05) is 32.6 Å². The molecule has 1 fully saturated rings. The first-order valence-electron chi connectivity index (χ1n) is 4.99. The molecule has 1 amide bonds. The van der Waals surface area contributed by atoms with Crippen molar-refractivity contribution in [2.45, 2.75) is 19.3 Å². The zero-order chi connectivity index (χ0) is 9.68. The summed E-state index contributed by atoms with van der Waals surface area (Å²) in [5, 5.41) is 0. The van der Waals surface area contributed by atoms with Gasteiger partial charge in [-0.1, -0.05) is 13.3 Å². The van der Waals surface area contributed by atoms with Crippen LogP contribution in [0.4, 0.5) is 0 Å². The van der Waals surface area contributed by atoms with Crippen molar-refractivity contribution < 1.29 is 4.79 Å². The third-order valence-electron chi connectivity index (χ3n) is 2.50. The van der Waals surface area contributed by atoms with Crippen LogP contribution in [0.1, 0.15) is 19.3 Å². The highest BCUT2D eigenvalue weighted by atomic mass is 16.2. The molecular weight excluding hydrogens is 164 g/mol. The second kappa shape index (κ2) is 5.22. The first kappa shape index (κ1) is 10.5. The molecule has 0 aromatic rings. The number of hydrogen-bond donors (Lipinski definition) is 0. The fraction of sp³-hybridized carbons (Fsp3) is 0.800. The third kappa shape index (κ3) is 3.35. The van der Waals surface area contributed by atoms with Crippen LogP contribution < -0.4 is 0 Å². The first-order chi connectivity index (χ1) is 6.24. The molecule has 0 spiro atoms. The third-order valence-corrected chi connectivity index (χ3v) is 2.50. The molecular formula is C10H19N2O. The van der Waals surface area contributed by atoms with Gasteiger partial charge in [-0.15, -0.1) is 0 Å². The van der Waals surface area contributed by atoms with Gasteiger partial charge in [0.15, 0.2) is 0 Å². The van der Waals surface area contributed by atoms with E-state index in [1.807, 2.05) is 4.90 Å². The summed E-state index contributed by atoms with van der Waals surface area (Å²) in [5.74, 6) is 0.303. The van der Waals surface area contributed by atoms with Gasteiger partial charge in [-0.2, -0.15) is 0 Å². The Morgan fingerprint density at radius 3 is 2.46 bits per heavy atom. The molecule has 0 aromatic carbocycles. The van der Waals surface area contributed by atoms with E-state index >= 15 is 0 Å². The number of carbonyl (C=O) groups is 1. The van der Waals surface area contributed by atoms with Crippen molar-refractivity contribution in [1.82, 2.24) is 9.80 Å². The average Bonchev–Trinajstić information content (AvgIpc) is 2.15. The monoisotopic (exact) mass is 183 g/mol. The predicted octanol–water partition coefficient (Wildman–Crippen LogP) is 0.765. The van der Waals surface area contributed by atoms with E-state index in [9.17, 15) is 4.79 Å². The molecule has 1 radical (unpaired) electrons. The topological polar surface area (TPSA) is 23.6 Å². The second-order valence-electron chi connectivity index (χ2n) is 3.64. The van der Waals surface area contributed by atoms with E-state index in [4.69, 9.17) is 0 Å². The number of rotatable bonds is 3. The van der Waals surface area contributed by atoms with Crippen LogP contribution in [0.25, 0.3) is 0 Å². The lowest BCUT2D eigenvalue weighted by atomic mass is 10.2. The lowest BCUT2D eigenvalue weighted by molar-refractivity contribution is -0.132. The minimum Gasteiger partial charge on any atom is -0.340 e. The summed E-state index contributed by atoms with van der Waals surface area (Å²) in [6.07, 6.45) is 2.46. The van der Waals surface area contributed by atoms with Crippen LogP contribution in [-0.4, -0.2) is 48.9 Å². The molecule has 3 nitrogen and oxygen atoms in total. The van der Waals surface area contributed by atoms with E-state index in [-0.39, 0.29) is 0 Å². The van der Waals surface area contributed by atoms with E-state index in [2.05, 4.69) is 18.9 Å². The summed E-state index contributed by atoms with van der Waals surface area (Å²) in [4.78, 5) is 15.8. The van der Waals surface area contributed by atoms with Crippen molar-refractivity contribution >= 4 is 5.91 Å². The van der Waals surface area contributed by atoms with Gasteiger partial charge in [-0.05, 0) is 13.5 Å². The van der Waals surface area contributed by atoms with Gasteiger partial charge < -0.3 is 9.80 Å². The van der Waals surface area contributed by atoms with Crippen molar-refractivity contribution in [2.24, 2.45) is 0 Å². The maximum Gasteiger partial charge on any atom is 0.222 e. The molecule has 1 aliphatic rings.